The van der Waals surface area contributed by atoms with Crippen molar-refractivity contribution in [3.05, 3.63) is 77.3 Å². The molecule has 1 aliphatic rings. The Morgan fingerprint density at radius 1 is 1.03 bits per heavy atom. The van der Waals surface area contributed by atoms with Gasteiger partial charge in [-0.1, -0.05) is 55.1 Å². The normalized spacial score (nSPS) is 14.3. The third kappa shape index (κ3) is 5.04. The highest BCUT2D eigenvalue weighted by molar-refractivity contribution is 6.33. The van der Waals surface area contributed by atoms with Gasteiger partial charge in [-0.05, 0) is 66.8 Å². The van der Waals surface area contributed by atoms with E-state index in [0.29, 0.717) is 39.4 Å². The number of nitrogens with one attached hydrogen (secondary N) is 1. The summed E-state index contributed by atoms with van der Waals surface area (Å²) in [6.07, 6.45) is 6.49. The summed E-state index contributed by atoms with van der Waals surface area (Å²) in [5.41, 5.74) is 3.98. The molecule has 0 saturated heterocycles. The van der Waals surface area contributed by atoms with Crippen molar-refractivity contribution in [2.24, 2.45) is 0 Å². The second-order valence-electron chi connectivity index (χ2n) is 8.42. The number of hydrogen-bond acceptors (Lipinski definition) is 4. The number of anilines is 1. The number of carbonyl (C=O) groups excluding carboxylic acids is 1. The zero-order valence-corrected chi connectivity index (χ0v) is 19.0. The lowest BCUT2D eigenvalue weighted by molar-refractivity contribution is -0.118. The second-order valence-corrected chi connectivity index (χ2v) is 8.83. The van der Waals surface area contributed by atoms with Gasteiger partial charge in [-0.25, -0.2) is 4.98 Å². The van der Waals surface area contributed by atoms with E-state index >= 15 is 0 Å². The highest BCUT2D eigenvalue weighted by atomic mass is 35.5. The van der Waals surface area contributed by atoms with E-state index in [0.717, 1.165) is 5.56 Å². The number of ether oxygens (including phenoxy) is 1. The summed E-state index contributed by atoms with van der Waals surface area (Å²) >= 11 is 6.25. The van der Waals surface area contributed by atoms with Gasteiger partial charge in [0.2, 0.25) is 5.89 Å². The van der Waals surface area contributed by atoms with Crippen molar-refractivity contribution in [1.82, 2.24) is 4.98 Å². The van der Waals surface area contributed by atoms with Gasteiger partial charge in [-0.2, -0.15) is 0 Å². The Labute approximate surface area is 197 Å². The Morgan fingerprint density at radius 3 is 2.61 bits per heavy atom. The van der Waals surface area contributed by atoms with Crippen LogP contribution in [0.4, 0.5) is 5.69 Å². The van der Waals surface area contributed by atoms with Gasteiger partial charge in [0.05, 0.1) is 10.6 Å². The van der Waals surface area contributed by atoms with Crippen LogP contribution in [0, 0.1) is 0 Å². The molecule has 1 aliphatic carbocycles. The lowest BCUT2D eigenvalue weighted by Crippen LogP contribution is -2.20. The average molecular weight is 461 g/mol. The summed E-state index contributed by atoms with van der Waals surface area (Å²) in [4.78, 5) is 16.9. The molecule has 1 amide bonds. The minimum Gasteiger partial charge on any atom is -0.484 e. The van der Waals surface area contributed by atoms with Crippen LogP contribution in [-0.2, 0) is 4.79 Å². The van der Waals surface area contributed by atoms with Gasteiger partial charge in [0.25, 0.3) is 5.91 Å². The van der Waals surface area contributed by atoms with Gasteiger partial charge in [-0.15, -0.1) is 0 Å². The fourth-order valence-corrected chi connectivity index (χ4v) is 4.59. The first-order chi connectivity index (χ1) is 16.2. The van der Waals surface area contributed by atoms with Gasteiger partial charge in [0.1, 0.15) is 11.3 Å². The number of benzene rings is 3. The van der Waals surface area contributed by atoms with Gasteiger partial charge in [0, 0.05) is 5.69 Å². The average Bonchev–Trinajstić information content (AvgIpc) is 3.27. The van der Waals surface area contributed by atoms with Crippen molar-refractivity contribution in [2.75, 3.05) is 11.9 Å². The first-order valence-electron chi connectivity index (χ1n) is 11.3. The molecule has 0 unspecified atom stereocenters. The number of halogens is 1. The number of carbonyl (C=O) groups is 1. The predicted molar refractivity (Wildman–Crippen MR) is 131 cm³/mol. The maximum atomic E-state index is 12.4. The van der Waals surface area contributed by atoms with E-state index in [1.807, 2.05) is 30.3 Å². The van der Waals surface area contributed by atoms with Crippen LogP contribution in [-0.4, -0.2) is 17.5 Å². The topological polar surface area (TPSA) is 64.4 Å². The van der Waals surface area contributed by atoms with E-state index in [1.54, 1.807) is 24.3 Å². The van der Waals surface area contributed by atoms with Gasteiger partial charge in [0.15, 0.2) is 12.2 Å². The molecule has 1 heterocycles. The van der Waals surface area contributed by atoms with Gasteiger partial charge in [-0.3, -0.25) is 4.79 Å². The fourth-order valence-electron chi connectivity index (χ4n) is 4.37. The third-order valence-electron chi connectivity index (χ3n) is 6.10. The van der Waals surface area contributed by atoms with Crippen LogP contribution >= 0.6 is 11.6 Å². The Kier molecular flexibility index (Phi) is 6.31. The molecule has 0 aliphatic heterocycles. The van der Waals surface area contributed by atoms with E-state index in [4.69, 9.17) is 20.8 Å². The molecule has 5 nitrogen and oxygen atoms in total. The molecular formula is C27H25ClN2O3. The maximum Gasteiger partial charge on any atom is 0.262 e. The molecule has 1 N–H and O–H groups in total. The summed E-state index contributed by atoms with van der Waals surface area (Å²) in [5, 5.41) is 3.43. The Hall–Kier alpha value is -3.31. The molecule has 1 saturated carbocycles. The van der Waals surface area contributed by atoms with Crippen LogP contribution in [0.5, 0.6) is 5.75 Å². The molecule has 33 heavy (non-hydrogen) atoms. The number of aromatic nitrogens is 1. The third-order valence-corrected chi connectivity index (χ3v) is 6.43. The van der Waals surface area contributed by atoms with Crippen LogP contribution in [0.1, 0.15) is 43.6 Å². The van der Waals surface area contributed by atoms with Crippen molar-refractivity contribution in [3.63, 3.8) is 0 Å². The number of rotatable bonds is 6. The summed E-state index contributed by atoms with van der Waals surface area (Å²) in [6.45, 7) is -0.0650. The first-order valence-corrected chi connectivity index (χ1v) is 11.7. The Morgan fingerprint density at radius 2 is 1.82 bits per heavy atom. The smallest absolute Gasteiger partial charge is 0.262 e. The first kappa shape index (κ1) is 21.5. The van der Waals surface area contributed by atoms with Crippen molar-refractivity contribution >= 4 is 34.3 Å². The quantitative estimate of drug-likeness (QED) is 0.330. The molecular weight excluding hydrogens is 436 g/mol. The Bertz CT molecular complexity index is 1260. The van der Waals surface area contributed by atoms with Crippen molar-refractivity contribution < 1.29 is 13.9 Å². The monoisotopic (exact) mass is 460 g/mol. The molecule has 0 radical (unpaired) electrons. The van der Waals surface area contributed by atoms with Gasteiger partial charge >= 0.3 is 0 Å². The van der Waals surface area contributed by atoms with Gasteiger partial charge < -0.3 is 14.5 Å². The molecule has 0 spiro atoms. The number of fused-ring (bicyclic) bond motifs is 1. The van der Waals surface area contributed by atoms with E-state index < -0.39 is 0 Å². The van der Waals surface area contributed by atoms with E-state index in [1.165, 1.54) is 37.7 Å². The summed E-state index contributed by atoms with van der Waals surface area (Å²) < 4.78 is 11.5. The van der Waals surface area contributed by atoms with Crippen molar-refractivity contribution in [1.29, 1.82) is 0 Å². The maximum absolute atomic E-state index is 12.4. The highest BCUT2D eigenvalue weighted by Gasteiger charge is 2.16. The molecule has 0 atom stereocenters. The van der Waals surface area contributed by atoms with Crippen LogP contribution in [0.3, 0.4) is 0 Å². The summed E-state index contributed by atoms with van der Waals surface area (Å²) in [7, 11) is 0. The minimum absolute atomic E-state index is 0.0650. The predicted octanol–water partition coefficient (Wildman–Crippen LogP) is 7.21. The lowest BCUT2D eigenvalue weighted by Gasteiger charge is -2.22. The molecule has 6 heteroatoms. The number of oxazole rings is 1. The molecule has 168 valence electrons. The second kappa shape index (κ2) is 9.67. The Balaban J connectivity index is 1.20. The largest absolute Gasteiger partial charge is 0.484 e. The highest BCUT2D eigenvalue weighted by Crippen LogP contribution is 2.33. The zero-order chi connectivity index (χ0) is 22.6. The molecule has 1 aromatic heterocycles. The fraction of sp³-hybridized carbons (Fsp3) is 0.259. The molecule has 1 fully saturated rings. The van der Waals surface area contributed by atoms with Crippen LogP contribution in [0.15, 0.2) is 71.1 Å². The van der Waals surface area contributed by atoms with Crippen LogP contribution in [0.2, 0.25) is 5.02 Å². The van der Waals surface area contributed by atoms with E-state index in [-0.39, 0.29) is 12.5 Å². The summed E-state index contributed by atoms with van der Waals surface area (Å²) in [5.74, 6) is 1.56. The van der Waals surface area contributed by atoms with Crippen LogP contribution < -0.4 is 10.1 Å². The van der Waals surface area contributed by atoms with E-state index in [9.17, 15) is 4.79 Å². The lowest BCUT2D eigenvalue weighted by atomic mass is 9.84. The zero-order valence-electron chi connectivity index (χ0n) is 18.2. The number of nitrogens with zero attached hydrogens (tertiary/aromatic N) is 1. The van der Waals surface area contributed by atoms with E-state index in [2.05, 4.69) is 22.4 Å². The molecule has 5 rings (SSSR count). The van der Waals surface area contributed by atoms with Crippen molar-refractivity contribution in [2.45, 2.75) is 38.0 Å². The SMILES string of the molecule is O=C(COc1ccc(C2CCCCC2)cc1)Nc1ccc2oc(-c3ccccc3Cl)nc2c1. The minimum atomic E-state index is -0.236. The summed E-state index contributed by atoms with van der Waals surface area (Å²) in [6, 6.07) is 20.9. The van der Waals surface area contributed by atoms with Crippen LogP contribution in [0.25, 0.3) is 22.6 Å². The standard InChI is InChI=1S/C27H25ClN2O3/c28-23-9-5-4-8-22(23)27-30-24-16-20(12-15-25(24)33-27)29-26(31)17-32-21-13-10-19(11-14-21)18-6-2-1-3-7-18/h4-5,8-16,18H,1-3,6-7,17H2,(H,29,31). The van der Waals surface area contributed by atoms with Crippen molar-refractivity contribution in [3.8, 4) is 17.2 Å². The molecule has 0 bridgehead atoms. The number of hydrogen-bond donors (Lipinski definition) is 1. The molecule has 4 aromatic rings. The molecule has 3 aromatic carbocycles. The number of amides is 1.